The summed E-state index contributed by atoms with van der Waals surface area (Å²) in [7, 11) is 0. The van der Waals surface area contributed by atoms with E-state index in [2.05, 4.69) is 28.9 Å². The van der Waals surface area contributed by atoms with Gasteiger partial charge in [0.15, 0.2) is 0 Å². The second-order valence-electron chi connectivity index (χ2n) is 5.09. The van der Waals surface area contributed by atoms with Crippen molar-refractivity contribution in [3.05, 3.63) is 11.3 Å². The van der Waals surface area contributed by atoms with E-state index in [1.807, 2.05) is 6.92 Å². The van der Waals surface area contributed by atoms with E-state index >= 15 is 0 Å². The van der Waals surface area contributed by atoms with Gasteiger partial charge in [0.25, 0.3) is 5.78 Å². The average Bonchev–Trinajstić information content (AvgIpc) is 3.02. The fourth-order valence-electron chi connectivity index (χ4n) is 1.95. The molecular weight excluding hydrogens is 230 g/mol. The molecule has 2 N–H and O–H groups in total. The van der Waals surface area contributed by atoms with E-state index in [1.54, 1.807) is 4.52 Å². The molecule has 3 rings (SSSR count). The number of ether oxygens (including phenoxy) is 1. The van der Waals surface area contributed by atoms with E-state index in [4.69, 9.17) is 10.5 Å². The summed E-state index contributed by atoms with van der Waals surface area (Å²) in [6, 6.07) is 0.372. The minimum Gasteiger partial charge on any atom is -0.459 e. The second-order valence-corrected chi connectivity index (χ2v) is 5.09. The highest BCUT2D eigenvalue weighted by Gasteiger charge is 2.26. The zero-order chi connectivity index (χ0) is 12.9. The number of nitrogen functional groups attached to an aromatic ring is 1. The van der Waals surface area contributed by atoms with Crippen LogP contribution in [0.2, 0.25) is 0 Å². The highest BCUT2D eigenvalue weighted by Crippen LogP contribution is 2.27. The molecule has 1 aliphatic carbocycles. The quantitative estimate of drug-likeness (QED) is 0.892. The standard InChI is InChI=1S/C12H17N5O/c1-6(2)9-7(3)10(13)17-11(14-9)15-12(16-17)18-8-4-5-8/h6,8H,4-5,13H2,1-3H3. The molecule has 0 amide bonds. The van der Waals surface area contributed by atoms with Crippen molar-refractivity contribution >= 4 is 11.6 Å². The molecule has 0 spiro atoms. The number of anilines is 1. The summed E-state index contributed by atoms with van der Waals surface area (Å²) in [6.45, 7) is 6.13. The number of aromatic nitrogens is 4. The molecule has 6 nitrogen and oxygen atoms in total. The van der Waals surface area contributed by atoms with Crippen molar-refractivity contribution < 1.29 is 4.74 Å². The van der Waals surface area contributed by atoms with Gasteiger partial charge in [-0.3, -0.25) is 0 Å². The summed E-state index contributed by atoms with van der Waals surface area (Å²) >= 11 is 0. The first-order chi connectivity index (χ1) is 8.56. The molecule has 0 radical (unpaired) electrons. The Kier molecular flexibility index (Phi) is 2.39. The van der Waals surface area contributed by atoms with Crippen molar-refractivity contribution in [1.82, 2.24) is 19.6 Å². The van der Waals surface area contributed by atoms with E-state index in [0.29, 0.717) is 23.5 Å². The number of nitrogens with zero attached hydrogens (tertiary/aromatic N) is 4. The molecule has 0 atom stereocenters. The Labute approximate surface area is 105 Å². The van der Waals surface area contributed by atoms with Gasteiger partial charge in [0, 0.05) is 5.56 Å². The van der Waals surface area contributed by atoms with Crippen LogP contribution < -0.4 is 10.5 Å². The van der Waals surface area contributed by atoms with Crippen LogP contribution >= 0.6 is 0 Å². The lowest BCUT2D eigenvalue weighted by Crippen LogP contribution is -2.08. The first-order valence-corrected chi connectivity index (χ1v) is 6.25. The van der Waals surface area contributed by atoms with E-state index in [9.17, 15) is 0 Å². The fourth-order valence-corrected chi connectivity index (χ4v) is 1.95. The molecule has 0 aromatic carbocycles. The molecule has 6 heteroatoms. The summed E-state index contributed by atoms with van der Waals surface area (Å²) in [5, 5.41) is 4.25. The van der Waals surface area contributed by atoms with Gasteiger partial charge in [-0.2, -0.15) is 9.50 Å². The van der Waals surface area contributed by atoms with Crippen LogP contribution in [0.4, 0.5) is 5.82 Å². The summed E-state index contributed by atoms with van der Waals surface area (Å²) < 4.78 is 7.12. The van der Waals surface area contributed by atoms with Crippen LogP contribution in [0.25, 0.3) is 5.78 Å². The van der Waals surface area contributed by atoms with Gasteiger partial charge in [0.1, 0.15) is 11.9 Å². The first kappa shape index (κ1) is 11.3. The van der Waals surface area contributed by atoms with Gasteiger partial charge in [0.2, 0.25) is 0 Å². The third-order valence-electron chi connectivity index (χ3n) is 3.13. The van der Waals surface area contributed by atoms with Crippen molar-refractivity contribution in [2.24, 2.45) is 0 Å². The number of hydrogen-bond acceptors (Lipinski definition) is 5. The molecular formula is C12H17N5O. The van der Waals surface area contributed by atoms with E-state index in [-0.39, 0.29) is 6.10 Å². The Bertz CT molecular complexity index is 600. The summed E-state index contributed by atoms with van der Waals surface area (Å²) in [5.74, 6) is 1.40. The van der Waals surface area contributed by atoms with Gasteiger partial charge in [-0.1, -0.05) is 13.8 Å². The van der Waals surface area contributed by atoms with Crippen LogP contribution in [-0.4, -0.2) is 25.7 Å². The molecule has 1 saturated carbocycles. The Hall–Kier alpha value is -1.85. The van der Waals surface area contributed by atoms with Gasteiger partial charge in [0.05, 0.1) is 5.69 Å². The number of rotatable bonds is 3. The van der Waals surface area contributed by atoms with Gasteiger partial charge in [-0.15, -0.1) is 5.10 Å². The number of fused-ring (bicyclic) bond motifs is 1. The molecule has 0 bridgehead atoms. The lowest BCUT2D eigenvalue weighted by molar-refractivity contribution is 0.279. The molecule has 0 aliphatic heterocycles. The molecule has 18 heavy (non-hydrogen) atoms. The molecule has 0 saturated heterocycles. The van der Waals surface area contributed by atoms with Crippen LogP contribution in [0, 0.1) is 6.92 Å². The van der Waals surface area contributed by atoms with E-state index in [1.165, 1.54) is 0 Å². The highest BCUT2D eigenvalue weighted by molar-refractivity contribution is 5.50. The lowest BCUT2D eigenvalue weighted by Gasteiger charge is -2.10. The normalized spacial score (nSPS) is 15.6. The predicted octanol–water partition coefficient (Wildman–Crippen LogP) is 1.68. The third kappa shape index (κ3) is 1.77. The maximum absolute atomic E-state index is 6.08. The molecule has 0 unspecified atom stereocenters. The van der Waals surface area contributed by atoms with Crippen LogP contribution in [-0.2, 0) is 0 Å². The minimum atomic E-state index is 0.273. The molecule has 2 aromatic rings. The lowest BCUT2D eigenvalue weighted by atomic mass is 10.1. The van der Waals surface area contributed by atoms with E-state index < -0.39 is 0 Å². The maximum Gasteiger partial charge on any atom is 0.338 e. The summed E-state index contributed by atoms with van der Waals surface area (Å²) in [5.41, 5.74) is 8.00. The zero-order valence-electron chi connectivity index (χ0n) is 10.8. The van der Waals surface area contributed by atoms with Crippen molar-refractivity contribution in [2.45, 2.75) is 45.6 Å². The largest absolute Gasteiger partial charge is 0.459 e. The Morgan fingerprint density at radius 3 is 2.67 bits per heavy atom. The van der Waals surface area contributed by atoms with Crippen LogP contribution in [0.15, 0.2) is 0 Å². The molecule has 1 aliphatic rings. The average molecular weight is 247 g/mol. The Morgan fingerprint density at radius 1 is 1.33 bits per heavy atom. The number of nitrogens with two attached hydrogens (primary N) is 1. The predicted molar refractivity (Wildman–Crippen MR) is 67.7 cm³/mol. The maximum atomic E-state index is 6.08. The minimum absolute atomic E-state index is 0.273. The monoisotopic (exact) mass is 247 g/mol. The van der Waals surface area contributed by atoms with E-state index in [0.717, 1.165) is 24.1 Å². The highest BCUT2D eigenvalue weighted by atomic mass is 16.5. The van der Waals surface area contributed by atoms with Crippen LogP contribution in [0.5, 0.6) is 6.01 Å². The summed E-state index contributed by atoms with van der Waals surface area (Å²) in [6.07, 6.45) is 2.43. The second kappa shape index (κ2) is 3.83. The summed E-state index contributed by atoms with van der Waals surface area (Å²) in [4.78, 5) is 8.79. The van der Waals surface area contributed by atoms with Crippen molar-refractivity contribution in [3.63, 3.8) is 0 Å². The molecule has 96 valence electrons. The third-order valence-corrected chi connectivity index (χ3v) is 3.13. The van der Waals surface area contributed by atoms with Gasteiger partial charge in [-0.05, 0) is 25.7 Å². The fraction of sp³-hybridized carbons (Fsp3) is 0.583. The van der Waals surface area contributed by atoms with Gasteiger partial charge >= 0.3 is 6.01 Å². The van der Waals surface area contributed by atoms with Crippen molar-refractivity contribution in [3.8, 4) is 6.01 Å². The first-order valence-electron chi connectivity index (χ1n) is 6.25. The van der Waals surface area contributed by atoms with Crippen LogP contribution in [0.3, 0.4) is 0 Å². The van der Waals surface area contributed by atoms with Gasteiger partial charge in [-0.25, -0.2) is 4.98 Å². The Balaban J connectivity index is 2.10. The zero-order valence-corrected chi connectivity index (χ0v) is 10.8. The van der Waals surface area contributed by atoms with Crippen molar-refractivity contribution in [1.29, 1.82) is 0 Å². The Morgan fingerprint density at radius 2 is 2.06 bits per heavy atom. The molecule has 2 heterocycles. The molecule has 2 aromatic heterocycles. The van der Waals surface area contributed by atoms with Gasteiger partial charge < -0.3 is 10.5 Å². The molecule has 1 fully saturated rings. The smallest absolute Gasteiger partial charge is 0.338 e. The van der Waals surface area contributed by atoms with Crippen LogP contribution in [0.1, 0.15) is 43.9 Å². The van der Waals surface area contributed by atoms with Crippen molar-refractivity contribution in [2.75, 3.05) is 5.73 Å². The SMILES string of the molecule is Cc1c(C(C)C)nc2nc(OC3CC3)nn2c1N. The topological polar surface area (TPSA) is 78.3 Å². The number of hydrogen-bond donors (Lipinski definition) is 1.